The smallest absolute Gasteiger partial charge is 0.408 e. The third-order valence-corrected chi connectivity index (χ3v) is 4.05. The maximum atomic E-state index is 12.6. The Labute approximate surface area is 156 Å². The molecule has 0 spiro atoms. The molecule has 0 saturated carbocycles. The Morgan fingerprint density at radius 1 is 1.27 bits per heavy atom. The minimum atomic E-state index is -0.550. The van der Waals surface area contributed by atoms with Gasteiger partial charge in [0.25, 0.3) is 5.91 Å². The summed E-state index contributed by atoms with van der Waals surface area (Å²) in [6.45, 7) is 10.3. The van der Waals surface area contributed by atoms with Crippen molar-refractivity contribution >= 4 is 17.7 Å². The first-order valence-corrected chi connectivity index (χ1v) is 9.23. The van der Waals surface area contributed by atoms with Gasteiger partial charge in [-0.15, -0.1) is 0 Å². The number of nitrogens with one attached hydrogen (secondary N) is 1. The van der Waals surface area contributed by atoms with Gasteiger partial charge in [-0.1, -0.05) is 38.1 Å². The topological polar surface area (TPSA) is 58.6 Å². The van der Waals surface area contributed by atoms with Gasteiger partial charge in [0.2, 0.25) is 0 Å². The standard InChI is InChI=1S/C21H30N2O3/c1-15(2)14-17(22-20(25)26-21(3,4)5)10-11-19(24)23-13-12-16-8-6-7-9-18(16)23/h6-11,15,17H,12-14H2,1-5H3,(H,22,25). The normalized spacial score (nSPS) is 15.2. The minimum absolute atomic E-state index is 0.0605. The maximum Gasteiger partial charge on any atom is 0.408 e. The van der Waals surface area contributed by atoms with Crippen molar-refractivity contribution in [3.63, 3.8) is 0 Å². The number of anilines is 1. The van der Waals surface area contributed by atoms with Crippen LogP contribution in [0.5, 0.6) is 0 Å². The summed E-state index contributed by atoms with van der Waals surface area (Å²) >= 11 is 0. The highest BCUT2D eigenvalue weighted by atomic mass is 16.6. The fourth-order valence-electron chi connectivity index (χ4n) is 3.01. The Balaban J connectivity index is 2.03. The van der Waals surface area contributed by atoms with Crippen molar-refractivity contribution in [2.24, 2.45) is 5.92 Å². The van der Waals surface area contributed by atoms with E-state index in [9.17, 15) is 9.59 Å². The first-order chi connectivity index (χ1) is 12.2. The highest BCUT2D eigenvalue weighted by Crippen LogP contribution is 2.27. The molecule has 1 heterocycles. The molecule has 2 amide bonds. The van der Waals surface area contributed by atoms with Gasteiger partial charge < -0.3 is 15.0 Å². The molecule has 26 heavy (non-hydrogen) atoms. The van der Waals surface area contributed by atoms with Gasteiger partial charge in [0.1, 0.15) is 5.60 Å². The van der Waals surface area contributed by atoms with Crippen LogP contribution < -0.4 is 10.2 Å². The lowest BCUT2D eigenvalue weighted by molar-refractivity contribution is -0.114. The second-order valence-electron chi connectivity index (χ2n) is 8.11. The van der Waals surface area contributed by atoms with E-state index in [1.54, 1.807) is 17.1 Å². The van der Waals surface area contributed by atoms with Crippen molar-refractivity contribution in [1.82, 2.24) is 5.32 Å². The van der Waals surface area contributed by atoms with Gasteiger partial charge in [-0.25, -0.2) is 4.79 Å². The highest BCUT2D eigenvalue weighted by molar-refractivity contribution is 6.02. The minimum Gasteiger partial charge on any atom is -0.444 e. The summed E-state index contributed by atoms with van der Waals surface area (Å²) in [5, 5.41) is 2.85. The number of carbonyl (C=O) groups is 2. The Bertz CT molecular complexity index is 674. The number of benzene rings is 1. The molecule has 5 heteroatoms. The van der Waals surface area contributed by atoms with Crippen LogP contribution in [0.25, 0.3) is 0 Å². The number of hydrogen-bond acceptors (Lipinski definition) is 3. The van der Waals surface area contributed by atoms with Gasteiger partial charge in [0, 0.05) is 18.3 Å². The van der Waals surface area contributed by atoms with Gasteiger partial charge in [-0.05, 0) is 51.2 Å². The van der Waals surface area contributed by atoms with E-state index in [1.807, 2.05) is 39.0 Å². The van der Waals surface area contributed by atoms with Crippen molar-refractivity contribution in [1.29, 1.82) is 0 Å². The Morgan fingerprint density at radius 3 is 2.62 bits per heavy atom. The molecule has 0 aliphatic carbocycles. The number of fused-ring (bicyclic) bond motifs is 1. The molecule has 0 radical (unpaired) electrons. The molecule has 0 bridgehead atoms. The van der Waals surface area contributed by atoms with E-state index in [-0.39, 0.29) is 11.9 Å². The number of carbonyl (C=O) groups excluding carboxylic acids is 2. The lowest BCUT2D eigenvalue weighted by Crippen LogP contribution is -2.39. The average molecular weight is 358 g/mol. The summed E-state index contributed by atoms with van der Waals surface area (Å²) in [7, 11) is 0. The van der Waals surface area contributed by atoms with Crippen LogP contribution in [0.3, 0.4) is 0 Å². The highest BCUT2D eigenvalue weighted by Gasteiger charge is 2.23. The van der Waals surface area contributed by atoms with E-state index in [0.717, 1.165) is 18.5 Å². The van der Waals surface area contributed by atoms with Crippen LogP contribution in [-0.4, -0.2) is 30.2 Å². The molecule has 0 fully saturated rings. The van der Waals surface area contributed by atoms with Gasteiger partial charge in [-0.2, -0.15) is 0 Å². The quantitative estimate of drug-likeness (QED) is 0.807. The summed E-state index contributed by atoms with van der Waals surface area (Å²) < 4.78 is 5.32. The molecule has 1 N–H and O–H groups in total. The van der Waals surface area contributed by atoms with Crippen LogP contribution in [0.15, 0.2) is 36.4 Å². The molecule has 0 aromatic heterocycles. The monoisotopic (exact) mass is 358 g/mol. The summed E-state index contributed by atoms with van der Waals surface area (Å²) in [5.41, 5.74) is 1.62. The number of alkyl carbamates (subject to hydrolysis) is 1. The second-order valence-corrected chi connectivity index (χ2v) is 8.11. The molecule has 1 aliphatic heterocycles. The number of amides is 2. The van der Waals surface area contributed by atoms with Crippen LogP contribution >= 0.6 is 0 Å². The first-order valence-electron chi connectivity index (χ1n) is 9.23. The van der Waals surface area contributed by atoms with E-state index in [0.29, 0.717) is 12.5 Å². The largest absolute Gasteiger partial charge is 0.444 e. The number of ether oxygens (including phenoxy) is 1. The van der Waals surface area contributed by atoms with Crippen molar-refractivity contribution in [3.8, 4) is 0 Å². The first kappa shape index (κ1) is 20.0. The van der Waals surface area contributed by atoms with E-state index >= 15 is 0 Å². The van der Waals surface area contributed by atoms with E-state index in [2.05, 4.69) is 25.2 Å². The summed E-state index contributed by atoms with van der Waals surface area (Å²) in [6, 6.07) is 7.72. The number of hydrogen-bond donors (Lipinski definition) is 1. The van der Waals surface area contributed by atoms with Crippen LogP contribution in [0, 0.1) is 5.92 Å². The van der Waals surface area contributed by atoms with Crippen LogP contribution in [-0.2, 0) is 16.0 Å². The fraction of sp³-hybridized carbons (Fsp3) is 0.524. The lowest BCUT2D eigenvalue weighted by atomic mass is 10.0. The van der Waals surface area contributed by atoms with Crippen LogP contribution in [0.1, 0.15) is 46.6 Å². The molecule has 5 nitrogen and oxygen atoms in total. The third kappa shape index (κ3) is 5.90. The van der Waals surface area contributed by atoms with Crippen molar-refractivity contribution < 1.29 is 14.3 Å². The number of para-hydroxylation sites is 1. The Kier molecular flexibility index (Phi) is 6.46. The number of nitrogens with zero attached hydrogens (tertiary/aromatic N) is 1. The summed E-state index contributed by atoms with van der Waals surface area (Å²) in [6.07, 6.45) is 4.48. The van der Waals surface area contributed by atoms with E-state index in [4.69, 9.17) is 4.74 Å². The molecule has 1 unspecified atom stereocenters. The molecular formula is C21H30N2O3. The third-order valence-electron chi connectivity index (χ3n) is 4.05. The molecule has 1 aromatic carbocycles. The zero-order chi connectivity index (χ0) is 19.3. The number of rotatable bonds is 5. The average Bonchev–Trinajstić information content (AvgIpc) is 2.94. The van der Waals surface area contributed by atoms with E-state index < -0.39 is 11.7 Å². The zero-order valence-electron chi connectivity index (χ0n) is 16.4. The second kappa shape index (κ2) is 8.39. The molecule has 1 aromatic rings. The van der Waals surface area contributed by atoms with Gasteiger partial charge in [0.05, 0.1) is 6.04 Å². The van der Waals surface area contributed by atoms with Gasteiger partial charge in [0.15, 0.2) is 0 Å². The van der Waals surface area contributed by atoms with Crippen molar-refractivity contribution in [3.05, 3.63) is 42.0 Å². The van der Waals surface area contributed by atoms with Crippen molar-refractivity contribution in [2.75, 3.05) is 11.4 Å². The summed E-state index contributed by atoms with van der Waals surface area (Å²) in [4.78, 5) is 26.4. The lowest BCUT2D eigenvalue weighted by Gasteiger charge is -2.23. The van der Waals surface area contributed by atoms with Crippen LogP contribution in [0.2, 0.25) is 0 Å². The summed E-state index contributed by atoms with van der Waals surface area (Å²) in [5.74, 6) is 0.317. The predicted molar refractivity (Wildman–Crippen MR) is 104 cm³/mol. The van der Waals surface area contributed by atoms with E-state index in [1.165, 1.54) is 5.56 Å². The Hall–Kier alpha value is -2.30. The molecule has 142 valence electrons. The zero-order valence-corrected chi connectivity index (χ0v) is 16.4. The Morgan fingerprint density at radius 2 is 1.96 bits per heavy atom. The molecule has 0 saturated heterocycles. The molecular weight excluding hydrogens is 328 g/mol. The molecule has 1 atom stereocenters. The molecule has 1 aliphatic rings. The van der Waals surface area contributed by atoms with Crippen LogP contribution in [0.4, 0.5) is 10.5 Å². The molecule has 2 rings (SSSR count). The maximum absolute atomic E-state index is 12.6. The fourth-order valence-corrected chi connectivity index (χ4v) is 3.01. The van der Waals surface area contributed by atoms with Gasteiger partial charge >= 0.3 is 6.09 Å². The predicted octanol–water partition coefficient (Wildman–Crippen LogP) is 4.07. The SMILES string of the molecule is CC(C)CC(C=CC(=O)N1CCc2ccccc21)NC(=O)OC(C)(C)C. The van der Waals surface area contributed by atoms with Gasteiger partial charge in [-0.3, -0.25) is 4.79 Å². The van der Waals surface area contributed by atoms with Crippen molar-refractivity contribution in [2.45, 2.75) is 59.1 Å².